The summed E-state index contributed by atoms with van der Waals surface area (Å²) >= 11 is 0. The zero-order valence-electron chi connectivity index (χ0n) is 49.0. The molecule has 0 aliphatic heterocycles. The summed E-state index contributed by atoms with van der Waals surface area (Å²) in [6.07, 6.45) is 0. The number of benzene rings is 13. The highest BCUT2D eigenvalue weighted by atomic mass is 15.1. The van der Waals surface area contributed by atoms with Gasteiger partial charge in [0, 0.05) is 28.1 Å². The zero-order chi connectivity index (χ0) is 57.9. The van der Waals surface area contributed by atoms with Gasteiger partial charge < -0.3 is 4.90 Å². The van der Waals surface area contributed by atoms with Crippen molar-refractivity contribution in [3.8, 4) is 89.0 Å². The molecule has 13 aromatic carbocycles. The van der Waals surface area contributed by atoms with Gasteiger partial charge in [0.2, 0.25) is 0 Å². The van der Waals surface area contributed by atoms with E-state index in [1.165, 1.54) is 134 Å². The molecular weight excluding hydrogens is 1030 g/mol. The fourth-order valence-corrected chi connectivity index (χ4v) is 14.3. The van der Waals surface area contributed by atoms with Crippen molar-refractivity contribution in [2.75, 3.05) is 4.90 Å². The highest BCUT2D eigenvalue weighted by molar-refractivity contribution is 5.98. The summed E-state index contributed by atoms with van der Waals surface area (Å²) in [7, 11) is 0. The first-order valence-electron chi connectivity index (χ1n) is 30.3. The first-order valence-corrected chi connectivity index (χ1v) is 30.3. The lowest BCUT2D eigenvalue weighted by Crippen LogP contribution is -2.20. The summed E-state index contributed by atoms with van der Waals surface area (Å²) in [5, 5.41) is 0. The molecule has 1 nitrogen and oxygen atoms in total. The minimum absolute atomic E-state index is 0.0288. The minimum atomic E-state index is -0.319. The van der Waals surface area contributed by atoms with E-state index in [2.05, 4.69) is 348 Å². The average molecular weight is 1100 g/mol. The molecule has 0 saturated carbocycles. The second kappa shape index (κ2) is 21.4. The SMILES string of the molecule is CC1(C)c2ccccc2-c2cc(C(c3ccc(-c4ccccc4)cc3)c3ccc(-c4ccccc4-c4cccc(-c5cccc6c5-c5cccc(N(c7ccc(-c8ccccc8)cc7)c7cccc(-c8ccccc8)c7)c5C6(C)C)c4)cc3)ccc21. The third-order valence-electron chi connectivity index (χ3n) is 18.6. The van der Waals surface area contributed by atoms with Crippen LogP contribution in [0.1, 0.15) is 72.6 Å². The third-order valence-corrected chi connectivity index (χ3v) is 18.6. The van der Waals surface area contributed by atoms with E-state index in [-0.39, 0.29) is 16.7 Å². The van der Waals surface area contributed by atoms with E-state index in [0.29, 0.717) is 0 Å². The quantitative estimate of drug-likeness (QED) is 0.110. The van der Waals surface area contributed by atoms with Gasteiger partial charge in [-0.1, -0.05) is 301 Å². The van der Waals surface area contributed by atoms with E-state index in [1.807, 2.05) is 0 Å². The van der Waals surface area contributed by atoms with Crippen LogP contribution in [0.5, 0.6) is 0 Å². The van der Waals surface area contributed by atoms with E-state index in [9.17, 15) is 0 Å². The number of hydrogen-bond donors (Lipinski definition) is 0. The maximum atomic E-state index is 2.48. The van der Waals surface area contributed by atoms with Crippen LogP contribution < -0.4 is 4.90 Å². The van der Waals surface area contributed by atoms with Gasteiger partial charge >= 0.3 is 0 Å². The molecule has 0 fully saturated rings. The van der Waals surface area contributed by atoms with Gasteiger partial charge in [-0.25, -0.2) is 0 Å². The largest absolute Gasteiger partial charge is 0.310 e. The average Bonchev–Trinajstić information content (AvgIpc) is 1.63. The Hall–Kier alpha value is -10.3. The van der Waals surface area contributed by atoms with E-state index in [4.69, 9.17) is 0 Å². The summed E-state index contributed by atoms with van der Waals surface area (Å²) in [5.41, 5.74) is 32.0. The Bertz CT molecular complexity index is 4650. The van der Waals surface area contributed by atoms with Crippen LogP contribution in [0.15, 0.2) is 315 Å². The smallest absolute Gasteiger partial charge is 0.0508 e. The molecule has 2 aliphatic rings. The van der Waals surface area contributed by atoms with Gasteiger partial charge in [0.05, 0.1) is 5.69 Å². The van der Waals surface area contributed by atoms with Gasteiger partial charge in [0.15, 0.2) is 0 Å². The van der Waals surface area contributed by atoms with Crippen LogP contribution in [0.4, 0.5) is 17.1 Å². The van der Waals surface area contributed by atoms with E-state index < -0.39 is 0 Å². The normalized spacial score (nSPS) is 13.5. The highest BCUT2D eigenvalue weighted by Crippen LogP contribution is 2.57. The molecule has 0 amide bonds. The molecular formula is C85H65N. The van der Waals surface area contributed by atoms with Crippen LogP contribution in [0.3, 0.4) is 0 Å². The topological polar surface area (TPSA) is 3.24 Å². The lowest BCUT2D eigenvalue weighted by atomic mass is 9.80. The molecule has 0 radical (unpaired) electrons. The summed E-state index contributed by atoms with van der Waals surface area (Å²) in [5.74, 6) is 0.0288. The molecule has 0 aromatic heterocycles. The van der Waals surface area contributed by atoms with Crippen LogP contribution in [0, 0.1) is 0 Å². The molecule has 0 N–H and O–H groups in total. The molecule has 1 unspecified atom stereocenters. The summed E-state index contributed by atoms with van der Waals surface area (Å²) in [4.78, 5) is 2.48. The summed E-state index contributed by atoms with van der Waals surface area (Å²) in [6.45, 7) is 9.55. The van der Waals surface area contributed by atoms with E-state index in [0.717, 1.165) is 11.4 Å². The van der Waals surface area contributed by atoms with Crippen molar-refractivity contribution in [2.24, 2.45) is 0 Å². The van der Waals surface area contributed by atoms with Gasteiger partial charge in [0.25, 0.3) is 0 Å². The molecule has 0 saturated heterocycles. The van der Waals surface area contributed by atoms with E-state index in [1.54, 1.807) is 0 Å². The predicted molar refractivity (Wildman–Crippen MR) is 363 cm³/mol. The van der Waals surface area contributed by atoms with Crippen molar-refractivity contribution >= 4 is 17.1 Å². The maximum absolute atomic E-state index is 2.48. The minimum Gasteiger partial charge on any atom is -0.310 e. The second-order valence-corrected chi connectivity index (χ2v) is 24.4. The molecule has 410 valence electrons. The van der Waals surface area contributed by atoms with Crippen molar-refractivity contribution in [3.05, 3.63) is 354 Å². The standard InChI is InChI=1S/C85H65N/c1-84(2)77-37-17-16-34-74(77)76-56-68(50-53-78(76)84)81(63-44-40-60(41-45-63)57-22-8-5-9-23-57)64-46-42-62(43-47-64)71-32-14-15-33-72(71)66-29-18-30-67(54-66)73-35-20-38-79-82(73)75-36-21-39-80(83(75)85(79,3)4)86(69-51-48-61(49-52-69)58-24-10-6-11-25-58)70-31-19-28-65(55-70)59-26-12-7-13-27-59/h5-56,81H,1-4H3. The Morgan fingerprint density at radius 2 is 0.674 bits per heavy atom. The highest BCUT2D eigenvalue weighted by Gasteiger charge is 2.41. The summed E-state index contributed by atoms with van der Waals surface area (Å²) < 4.78 is 0. The number of fused-ring (bicyclic) bond motifs is 6. The first kappa shape index (κ1) is 52.5. The number of nitrogens with zero attached hydrogens (tertiary/aromatic N) is 1. The molecule has 0 bridgehead atoms. The fraction of sp³-hybridized carbons (Fsp3) is 0.0824. The zero-order valence-corrected chi connectivity index (χ0v) is 49.0. The van der Waals surface area contributed by atoms with Gasteiger partial charge in [-0.2, -0.15) is 0 Å². The molecule has 0 heterocycles. The Morgan fingerprint density at radius 1 is 0.244 bits per heavy atom. The Morgan fingerprint density at radius 3 is 1.33 bits per heavy atom. The number of rotatable bonds is 12. The van der Waals surface area contributed by atoms with Crippen molar-refractivity contribution in [3.63, 3.8) is 0 Å². The number of anilines is 3. The first-order chi connectivity index (χ1) is 42.2. The van der Waals surface area contributed by atoms with Gasteiger partial charge in [-0.05, 0) is 170 Å². The van der Waals surface area contributed by atoms with Crippen molar-refractivity contribution in [2.45, 2.75) is 44.4 Å². The Kier molecular flexibility index (Phi) is 13.0. The van der Waals surface area contributed by atoms with Crippen molar-refractivity contribution in [1.29, 1.82) is 0 Å². The Balaban J connectivity index is 0.797. The molecule has 13 aromatic rings. The molecule has 2 aliphatic carbocycles. The second-order valence-electron chi connectivity index (χ2n) is 24.4. The number of hydrogen-bond acceptors (Lipinski definition) is 1. The van der Waals surface area contributed by atoms with Gasteiger partial charge in [0.1, 0.15) is 0 Å². The lowest BCUT2D eigenvalue weighted by molar-refractivity contribution is 0.660. The third kappa shape index (κ3) is 9.11. The van der Waals surface area contributed by atoms with Crippen LogP contribution in [0.25, 0.3) is 89.0 Å². The fourth-order valence-electron chi connectivity index (χ4n) is 14.3. The van der Waals surface area contributed by atoms with Gasteiger partial charge in [-0.3, -0.25) is 0 Å². The van der Waals surface area contributed by atoms with Crippen molar-refractivity contribution < 1.29 is 0 Å². The maximum Gasteiger partial charge on any atom is 0.0508 e. The van der Waals surface area contributed by atoms with E-state index >= 15 is 0 Å². The molecule has 1 heteroatoms. The predicted octanol–water partition coefficient (Wildman–Crippen LogP) is 23.0. The van der Waals surface area contributed by atoms with Crippen molar-refractivity contribution in [1.82, 2.24) is 0 Å². The van der Waals surface area contributed by atoms with Crippen LogP contribution in [-0.2, 0) is 10.8 Å². The monoisotopic (exact) mass is 1100 g/mol. The molecule has 1 atom stereocenters. The summed E-state index contributed by atoms with van der Waals surface area (Å²) in [6, 6.07) is 117. The molecule has 0 spiro atoms. The van der Waals surface area contributed by atoms with Crippen LogP contribution >= 0.6 is 0 Å². The lowest BCUT2D eigenvalue weighted by Gasteiger charge is -2.32. The molecule has 15 rings (SSSR count). The van der Waals surface area contributed by atoms with Crippen LogP contribution in [0.2, 0.25) is 0 Å². The molecule has 86 heavy (non-hydrogen) atoms. The van der Waals surface area contributed by atoms with Crippen LogP contribution in [-0.4, -0.2) is 0 Å². The Labute approximate surface area is 506 Å². The van der Waals surface area contributed by atoms with Gasteiger partial charge in [-0.15, -0.1) is 0 Å².